The SMILES string of the molecule is Cc1cc(O)c(C)c(C(=O)N[C@@H](Cc2ccccc2)[C@H](O)C(=O)N2CC(F)(F)C(C)(C)[C@@H]2C(=O)NCC(C)C)c1. The van der Waals surface area contributed by atoms with Crippen LogP contribution < -0.4 is 10.6 Å². The summed E-state index contributed by atoms with van der Waals surface area (Å²) in [6.45, 7) is 8.61. The molecule has 40 heavy (non-hydrogen) atoms. The van der Waals surface area contributed by atoms with Gasteiger partial charge >= 0.3 is 0 Å². The summed E-state index contributed by atoms with van der Waals surface area (Å²) in [6, 6.07) is 9.10. The number of nitrogens with one attached hydrogen (secondary N) is 2. The number of hydrogen-bond acceptors (Lipinski definition) is 5. The maximum atomic E-state index is 15.2. The molecule has 1 heterocycles. The predicted octanol–water partition coefficient (Wildman–Crippen LogP) is 3.36. The monoisotopic (exact) mass is 559 g/mol. The number of phenols is 1. The van der Waals surface area contributed by atoms with Crippen LogP contribution in [-0.4, -0.2) is 70.0 Å². The lowest BCUT2D eigenvalue weighted by molar-refractivity contribution is -0.148. The van der Waals surface area contributed by atoms with Crippen molar-refractivity contribution in [1.29, 1.82) is 0 Å². The van der Waals surface area contributed by atoms with Crippen LogP contribution in [0.25, 0.3) is 0 Å². The smallest absolute Gasteiger partial charge is 0.272 e. The van der Waals surface area contributed by atoms with E-state index in [1.54, 1.807) is 50.2 Å². The molecule has 0 unspecified atom stereocenters. The average molecular weight is 560 g/mol. The normalized spacial score (nSPS) is 19.2. The number of likely N-dealkylation sites (tertiary alicyclic amines) is 1. The Hall–Kier alpha value is -3.53. The third-order valence-electron chi connectivity index (χ3n) is 7.54. The van der Waals surface area contributed by atoms with Gasteiger partial charge in [-0.1, -0.05) is 58.0 Å². The minimum absolute atomic E-state index is 0.00811. The molecular formula is C30H39F2N3O5. The molecule has 2 aromatic rings. The first-order valence-corrected chi connectivity index (χ1v) is 13.4. The zero-order chi connectivity index (χ0) is 30.0. The van der Waals surface area contributed by atoms with E-state index in [4.69, 9.17) is 0 Å². The number of nitrogens with zero attached hydrogens (tertiary/aromatic N) is 1. The van der Waals surface area contributed by atoms with Gasteiger partial charge < -0.3 is 25.7 Å². The first-order chi connectivity index (χ1) is 18.6. The largest absolute Gasteiger partial charge is 0.508 e. The van der Waals surface area contributed by atoms with Crippen LogP contribution >= 0.6 is 0 Å². The second-order valence-electron chi connectivity index (χ2n) is 11.6. The summed E-state index contributed by atoms with van der Waals surface area (Å²) in [4.78, 5) is 40.8. The summed E-state index contributed by atoms with van der Waals surface area (Å²) in [7, 11) is 0. The number of halogens is 2. The molecule has 3 atom stereocenters. The van der Waals surface area contributed by atoms with E-state index in [2.05, 4.69) is 10.6 Å². The standard InChI is InChI=1S/C30H39F2N3O5/c1-17(2)15-33-27(39)25-29(5,6)30(31,32)16-35(25)28(40)24(37)22(14-20-10-8-7-9-11-20)34-26(38)21-12-18(3)13-23(36)19(21)4/h7-13,17,22,24-25,36-37H,14-16H2,1-6H3,(H,33,39)(H,34,38)/t22-,24-,25-/m0/s1. The molecule has 0 saturated carbocycles. The van der Waals surface area contributed by atoms with Crippen LogP contribution in [0.2, 0.25) is 0 Å². The highest BCUT2D eigenvalue weighted by molar-refractivity contribution is 5.97. The third-order valence-corrected chi connectivity index (χ3v) is 7.54. The van der Waals surface area contributed by atoms with Gasteiger partial charge in [0.05, 0.1) is 18.0 Å². The first-order valence-electron chi connectivity index (χ1n) is 13.4. The van der Waals surface area contributed by atoms with Crippen molar-refractivity contribution >= 4 is 17.7 Å². The molecule has 0 radical (unpaired) electrons. The first kappa shape index (κ1) is 31.0. The highest BCUT2D eigenvalue weighted by atomic mass is 19.3. The van der Waals surface area contributed by atoms with Crippen molar-refractivity contribution in [3.8, 4) is 5.75 Å². The number of aliphatic hydroxyl groups excluding tert-OH is 1. The van der Waals surface area contributed by atoms with E-state index in [1.165, 1.54) is 19.9 Å². The van der Waals surface area contributed by atoms with E-state index >= 15 is 8.78 Å². The Kier molecular flexibility index (Phi) is 9.24. The van der Waals surface area contributed by atoms with Crippen LogP contribution in [0.15, 0.2) is 42.5 Å². The summed E-state index contributed by atoms with van der Waals surface area (Å²) < 4.78 is 30.3. The van der Waals surface area contributed by atoms with Crippen molar-refractivity contribution in [2.75, 3.05) is 13.1 Å². The number of aryl methyl sites for hydroxylation is 1. The Morgan fingerprint density at radius 3 is 2.33 bits per heavy atom. The zero-order valence-corrected chi connectivity index (χ0v) is 23.8. The summed E-state index contributed by atoms with van der Waals surface area (Å²) in [5, 5.41) is 26.8. The number of phenolic OH excluding ortho intramolecular Hbond substituents is 1. The molecule has 2 aromatic carbocycles. The third kappa shape index (κ3) is 6.43. The molecule has 1 saturated heterocycles. The lowest BCUT2D eigenvalue weighted by atomic mass is 9.81. The maximum Gasteiger partial charge on any atom is 0.272 e. The van der Waals surface area contributed by atoms with Crippen LogP contribution in [0.4, 0.5) is 8.78 Å². The molecule has 218 valence electrons. The predicted molar refractivity (Wildman–Crippen MR) is 147 cm³/mol. The minimum atomic E-state index is -3.41. The quantitative estimate of drug-likeness (QED) is 0.376. The number of amides is 3. The van der Waals surface area contributed by atoms with Crippen LogP contribution in [0.5, 0.6) is 5.75 Å². The van der Waals surface area contributed by atoms with Crippen molar-refractivity contribution in [3.05, 3.63) is 64.7 Å². The highest BCUT2D eigenvalue weighted by Crippen LogP contribution is 2.48. The summed E-state index contributed by atoms with van der Waals surface area (Å²) >= 11 is 0. The minimum Gasteiger partial charge on any atom is -0.508 e. The van der Waals surface area contributed by atoms with Crippen molar-refractivity contribution < 1.29 is 33.4 Å². The van der Waals surface area contributed by atoms with Gasteiger partial charge in [-0.05, 0) is 49.4 Å². The molecule has 0 bridgehead atoms. The zero-order valence-electron chi connectivity index (χ0n) is 23.8. The lowest BCUT2D eigenvalue weighted by Gasteiger charge is -2.34. The Morgan fingerprint density at radius 2 is 1.73 bits per heavy atom. The maximum absolute atomic E-state index is 15.2. The Labute approximate surface area is 233 Å². The van der Waals surface area contributed by atoms with Crippen molar-refractivity contribution in [2.45, 2.75) is 72.1 Å². The molecule has 3 amide bonds. The number of carbonyl (C=O) groups excluding carboxylic acids is 3. The second-order valence-corrected chi connectivity index (χ2v) is 11.6. The number of aliphatic hydroxyl groups is 1. The second kappa shape index (κ2) is 11.9. The van der Waals surface area contributed by atoms with Gasteiger partial charge in [-0.15, -0.1) is 0 Å². The van der Waals surface area contributed by atoms with E-state index in [0.717, 1.165) is 4.90 Å². The molecule has 1 aliphatic rings. The highest BCUT2D eigenvalue weighted by Gasteiger charge is 2.64. The van der Waals surface area contributed by atoms with E-state index in [-0.39, 0.29) is 30.2 Å². The van der Waals surface area contributed by atoms with Gasteiger partial charge in [0, 0.05) is 17.7 Å². The topological polar surface area (TPSA) is 119 Å². The van der Waals surface area contributed by atoms with Gasteiger partial charge in [-0.3, -0.25) is 14.4 Å². The number of carbonyl (C=O) groups is 3. The molecule has 10 heteroatoms. The van der Waals surface area contributed by atoms with Gasteiger partial charge in [-0.25, -0.2) is 8.78 Å². The van der Waals surface area contributed by atoms with E-state index < -0.39 is 53.8 Å². The Morgan fingerprint density at radius 1 is 1.10 bits per heavy atom. The van der Waals surface area contributed by atoms with Gasteiger partial charge in [0.25, 0.3) is 17.7 Å². The van der Waals surface area contributed by atoms with Crippen LogP contribution in [0, 0.1) is 25.2 Å². The van der Waals surface area contributed by atoms with E-state index in [1.807, 2.05) is 13.8 Å². The number of alkyl halides is 2. The van der Waals surface area contributed by atoms with Crippen LogP contribution in [0.1, 0.15) is 54.7 Å². The summed E-state index contributed by atoms with van der Waals surface area (Å²) in [6.07, 6.45) is -1.93. The van der Waals surface area contributed by atoms with Crippen LogP contribution in [-0.2, 0) is 16.0 Å². The fourth-order valence-corrected chi connectivity index (χ4v) is 4.95. The number of hydrogen-bond donors (Lipinski definition) is 4. The Bertz CT molecular complexity index is 1250. The number of benzene rings is 2. The van der Waals surface area contributed by atoms with Gasteiger partial charge in [0.15, 0.2) is 6.10 Å². The van der Waals surface area contributed by atoms with Crippen molar-refractivity contribution in [2.24, 2.45) is 11.3 Å². The van der Waals surface area contributed by atoms with Gasteiger partial charge in [0.1, 0.15) is 11.8 Å². The van der Waals surface area contributed by atoms with Gasteiger partial charge in [0.2, 0.25) is 5.91 Å². The summed E-state index contributed by atoms with van der Waals surface area (Å²) in [5.74, 6) is -5.90. The molecule has 0 aliphatic carbocycles. The molecule has 3 rings (SSSR count). The van der Waals surface area contributed by atoms with E-state index in [9.17, 15) is 24.6 Å². The van der Waals surface area contributed by atoms with Crippen molar-refractivity contribution in [1.82, 2.24) is 15.5 Å². The summed E-state index contributed by atoms with van der Waals surface area (Å²) in [5.41, 5.74) is -0.138. The molecule has 1 fully saturated rings. The van der Waals surface area contributed by atoms with E-state index in [0.29, 0.717) is 16.7 Å². The molecule has 1 aliphatic heterocycles. The molecule has 0 aromatic heterocycles. The molecule has 0 spiro atoms. The fourth-order valence-electron chi connectivity index (χ4n) is 4.95. The molecular weight excluding hydrogens is 520 g/mol. The lowest BCUT2D eigenvalue weighted by Crippen LogP contribution is -2.58. The van der Waals surface area contributed by atoms with Gasteiger partial charge in [-0.2, -0.15) is 0 Å². The molecule has 4 N–H and O–H groups in total. The van der Waals surface area contributed by atoms with Crippen molar-refractivity contribution in [3.63, 3.8) is 0 Å². The number of rotatable bonds is 9. The van der Waals surface area contributed by atoms with Crippen LogP contribution in [0.3, 0.4) is 0 Å². The Balaban J connectivity index is 1.96. The fraction of sp³-hybridized carbons (Fsp3) is 0.500. The average Bonchev–Trinajstić information content (AvgIpc) is 3.07. The number of aromatic hydroxyl groups is 1. The molecule has 8 nitrogen and oxygen atoms in total.